The summed E-state index contributed by atoms with van der Waals surface area (Å²) in [5.41, 5.74) is 4.29. The first kappa shape index (κ1) is 15.0. The first-order valence-electron chi connectivity index (χ1n) is 7.27. The minimum atomic E-state index is -0.300. The van der Waals surface area contributed by atoms with E-state index in [2.05, 4.69) is 25.7 Å². The van der Waals surface area contributed by atoms with Crippen LogP contribution < -0.4 is 20.5 Å². The maximum absolute atomic E-state index is 11.5. The summed E-state index contributed by atoms with van der Waals surface area (Å²) in [4.78, 5) is 14.0. The lowest BCUT2D eigenvalue weighted by molar-refractivity contribution is 0.297. The fourth-order valence-electron chi connectivity index (χ4n) is 2.03. The van der Waals surface area contributed by atoms with Crippen molar-refractivity contribution in [1.29, 1.82) is 0 Å². The molecule has 8 heteroatoms. The van der Waals surface area contributed by atoms with E-state index >= 15 is 0 Å². The number of hydrogen-bond donors (Lipinski definition) is 2. The number of hydrogen-bond acceptors (Lipinski definition) is 7. The lowest BCUT2D eigenvalue weighted by atomic mass is 10.1. The zero-order valence-electron chi connectivity index (χ0n) is 12.9. The van der Waals surface area contributed by atoms with Crippen LogP contribution in [0.1, 0.15) is 24.6 Å². The van der Waals surface area contributed by atoms with Gasteiger partial charge in [0.2, 0.25) is 5.95 Å². The van der Waals surface area contributed by atoms with Crippen molar-refractivity contribution in [3.05, 3.63) is 39.8 Å². The molecule has 3 rings (SSSR count). The van der Waals surface area contributed by atoms with Crippen LogP contribution in [0.5, 0.6) is 11.5 Å². The van der Waals surface area contributed by atoms with Crippen LogP contribution in [0.15, 0.2) is 28.1 Å². The number of rotatable bonds is 3. The van der Waals surface area contributed by atoms with E-state index in [1.807, 2.05) is 25.1 Å². The van der Waals surface area contributed by atoms with E-state index in [4.69, 9.17) is 9.47 Å². The Balaban J connectivity index is 1.79. The summed E-state index contributed by atoms with van der Waals surface area (Å²) in [6, 6.07) is 5.64. The Hall–Kier alpha value is -2.90. The number of aromatic nitrogens is 3. The van der Waals surface area contributed by atoms with Crippen molar-refractivity contribution in [2.75, 3.05) is 18.6 Å². The van der Waals surface area contributed by atoms with Gasteiger partial charge < -0.3 is 9.47 Å². The number of aromatic amines is 1. The molecule has 0 amide bonds. The Labute approximate surface area is 132 Å². The minimum Gasteiger partial charge on any atom is -0.490 e. The molecule has 120 valence electrons. The predicted molar refractivity (Wildman–Crippen MR) is 85.3 cm³/mol. The predicted octanol–water partition coefficient (Wildman–Crippen LogP) is 1.47. The van der Waals surface area contributed by atoms with Crippen LogP contribution in [0, 0.1) is 6.92 Å². The monoisotopic (exact) mass is 315 g/mol. The van der Waals surface area contributed by atoms with E-state index in [9.17, 15) is 4.79 Å². The van der Waals surface area contributed by atoms with Crippen LogP contribution in [0.4, 0.5) is 5.95 Å². The number of nitrogens with zero attached hydrogens (tertiary/aromatic N) is 3. The molecule has 0 saturated carbocycles. The van der Waals surface area contributed by atoms with Crippen LogP contribution in [0.25, 0.3) is 0 Å². The molecule has 1 aromatic heterocycles. The van der Waals surface area contributed by atoms with E-state index in [1.54, 1.807) is 6.92 Å². The summed E-state index contributed by atoms with van der Waals surface area (Å²) in [6.07, 6.45) is 0.859. The highest BCUT2D eigenvalue weighted by atomic mass is 16.5. The van der Waals surface area contributed by atoms with Crippen molar-refractivity contribution in [1.82, 2.24) is 15.2 Å². The Kier molecular flexibility index (Phi) is 4.22. The average Bonchev–Trinajstić information content (AvgIpc) is 2.80. The number of aryl methyl sites for hydroxylation is 1. The van der Waals surface area contributed by atoms with E-state index in [-0.39, 0.29) is 11.5 Å². The highest BCUT2D eigenvalue weighted by molar-refractivity contribution is 5.99. The summed E-state index contributed by atoms with van der Waals surface area (Å²) < 4.78 is 11.3. The summed E-state index contributed by atoms with van der Waals surface area (Å²) in [5, 5.41) is 11.8. The van der Waals surface area contributed by atoms with Gasteiger partial charge in [-0.05, 0) is 32.0 Å². The molecular weight excluding hydrogens is 298 g/mol. The Bertz CT molecular complexity index is 800. The summed E-state index contributed by atoms with van der Waals surface area (Å²) in [6.45, 7) is 4.71. The Morgan fingerprint density at radius 3 is 2.83 bits per heavy atom. The normalized spacial score (nSPS) is 14.3. The quantitative estimate of drug-likeness (QED) is 0.657. The van der Waals surface area contributed by atoms with E-state index in [0.717, 1.165) is 17.7 Å². The molecule has 1 aliphatic rings. The summed E-state index contributed by atoms with van der Waals surface area (Å²) in [5.74, 6) is 1.63. The molecule has 23 heavy (non-hydrogen) atoms. The van der Waals surface area contributed by atoms with Gasteiger partial charge in [0, 0.05) is 12.0 Å². The summed E-state index contributed by atoms with van der Waals surface area (Å²) >= 11 is 0. The van der Waals surface area contributed by atoms with Crippen LogP contribution in [0.3, 0.4) is 0 Å². The number of hydrazone groups is 1. The van der Waals surface area contributed by atoms with Crippen molar-refractivity contribution in [3.8, 4) is 11.5 Å². The third kappa shape index (κ3) is 3.47. The molecule has 2 N–H and O–H groups in total. The molecule has 0 saturated heterocycles. The summed E-state index contributed by atoms with van der Waals surface area (Å²) in [7, 11) is 0. The SMILES string of the molecule is C/C(=N/Nc1nnc(C)c(=O)[nH]1)c1ccc2c(c1)OCCCO2. The smallest absolute Gasteiger partial charge is 0.274 e. The Morgan fingerprint density at radius 1 is 1.26 bits per heavy atom. The van der Waals surface area contributed by atoms with Crippen molar-refractivity contribution >= 4 is 11.7 Å². The van der Waals surface area contributed by atoms with Gasteiger partial charge in [-0.3, -0.25) is 9.78 Å². The molecule has 0 radical (unpaired) electrons. The van der Waals surface area contributed by atoms with Crippen molar-refractivity contribution in [2.24, 2.45) is 5.10 Å². The molecule has 0 atom stereocenters. The third-order valence-corrected chi connectivity index (χ3v) is 3.36. The van der Waals surface area contributed by atoms with Crippen LogP contribution in [-0.4, -0.2) is 34.1 Å². The fraction of sp³-hybridized carbons (Fsp3) is 0.333. The number of H-pyrrole nitrogens is 1. The molecule has 1 aromatic carbocycles. The van der Waals surface area contributed by atoms with Gasteiger partial charge >= 0.3 is 0 Å². The van der Waals surface area contributed by atoms with E-state index < -0.39 is 0 Å². The zero-order valence-corrected chi connectivity index (χ0v) is 12.9. The Morgan fingerprint density at radius 2 is 2.04 bits per heavy atom. The standard InChI is InChI=1S/C15H17N5O3/c1-9(17-19-15-16-14(21)10(2)18-20-15)11-4-5-12-13(8-11)23-7-3-6-22-12/h4-5,8H,3,6-7H2,1-2H3,(H2,16,19,20,21)/b17-9-. The van der Waals surface area contributed by atoms with Gasteiger partial charge in [0.1, 0.15) is 5.69 Å². The van der Waals surface area contributed by atoms with E-state index in [1.165, 1.54) is 0 Å². The van der Waals surface area contributed by atoms with Crippen molar-refractivity contribution in [3.63, 3.8) is 0 Å². The number of nitrogens with one attached hydrogen (secondary N) is 2. The number of fused-ring (bicyclic) bond motifs is 1. The lowest BCUT2D eigenvalue weighted by Gasteiger charge is -2.09. The first-order valence-corrected chi connectivity index (χ1v) is 7.27. The molecule has 0 bridgehead atoms. The van der Waals surface area contributed by atoms with E-state index in [0.29, 0.717) is 30.4 Å². The number of anilines is 1. The topological polar surface area (TPSA) is 101 Å². The van der Waals surface area contributed by atoms with Crippen LogP contribution in [-0.2, 0) is 0 Å². The number of ether oxygens (including phenoxy) is 2. The molecule has 0 spiro atoms. The maximum Gasteiger partial charge on any atom is 0.274 e. The third-order valence-electron chi connectivity index (χ3n) is 3.36. The molecule has 0 fully saturated rings. The molecule has 0 aliphatic carbocycles. The zero-order chi connectivity index (χ0) is 16.2. The number of benzene rings is 1. The van der Waals surface area contributed by atoms with Gasteiger partial charge in [-0.15, -0.1) is 10.2 Å². The average molecular weight is 315 g/mol. The van der Waals surface area contributed by atoms with Gasteiger partial charge in [-0.2, -0.15) is 5.10 Å². The second-order valence-electron chi connectivity index (χ2n) is 5.11. The maximum atomic E-state index is 11.5. The second kappa shape index (κ2) is 6.47. The van der Waals surface area contributed by atoms with Gasteiger partial charge in [0.05, 0.1) is 18.9 Å². The van der Waals surface area contributed by atoms with Gasteiger partial charge in [-0.25, -0.2) is 5.43 Å². The van der Waals surface area contributed by atoms with Crippen LogP contribution in [0.2, 0.25) is 0 Å². The van der Waals surface area contributed by atoms with Gasteiger partial charge in [0.15, 0.2) is 11.5 Å². The van der Waals surface area contributed by atoms with Crippen molar-refractivity contribution < 1.29 is 9.47 Å². The molecule has 2 aromatic rings. The molecule has 2 heterocycles. The highest BCUT2D eigenvalue weighted by Crippen LogP contribution is 2.30. The largest absolute Gasteiger partial charge is 0.490 e. The fourth-order valence-corrected chi connectivity index (χ4v) is 2.03. The molecule has 1 aliphatic heterocycles. The minimum absolute atomic E-state index is 0.189. The second-order valence-corrected chi connectivity index (χ2v) is 5.11. The molecule has 0 unspecified atom stereocenters. The van der Waals surface area contributed by atoms with Gasteiger partial charge in [-0.1, -0.05) is 0 Å². The molecule has 8 nitrogen and oxygen atoms in total. The first-order chi connectivity index (χ1) is 11.1. The molecular formula is C15H17N5O3. The highest BCUT2D eigenvalue weighted by Gasteiger charge is 2.11. The van der Waals surface area contributed by atoms with Crippen molar-refractivity contribution in [2.45, 2.75) is 20.3 Å². The van der Waals surface area contributed by atoms with Crippen LogP contribution >= 0.6 is 0 Å². The lowest BCUT2D eigenvalue weighted by Crippen LogP contribution is -2.16. The van der Waals surface area contributed by atoms with Gasteiger partial charge in [0.25, 0.3) is 5.56 Å².